The first kappa shape index (κ1) is 8.73. The maximum absolute atomic E-state index is 3.26. The van der Waals surface area contributed by atoms with Crippen molar-refractivity contribution in [2.24, 2.45) is 0 Å². The van der Waals surface area contributed by atoms with E-state index in [-0.39, 0.29) is 0 Å². The zero-order valence-corrected chi connectivity index (χ0v) is 8.91. The maximum Gasteiger partial charge on any atom is 0.0527 e. The summed E-state index contributed by atoms with van der Waals surface area (Å²) in [7, 11) is 0. The molecule has 65 valence electrons. The van der Waals surface area contributed by atoms with Crippen LogP contribution < -0.4 is 0 Å². The Morgan fingerprint density at radius 3 is 3.08 bits per heavy atom. The molecule has 2 aromatic rings. The number of thiophene rings is 2. The van der Waals surface area contributed by atoms with Crippen molar-refractivity contribution < 1.29 is 0 Å². The molecule has 2 rings (SSSR count). The van der Waals surface area contributed by atoms with Crippen LogP contribution in [0.15, 0.2) is 29.0 Å². The molecular formula is C11H9S2. The zero-order chi connectivity index (χ0) is 9.10. The van der Waals surface area contributed by atoms with Crippen molar-refractivity contribution in [3.05, 3.63) is 39.9 Å². The Hall–Kier alpha value is -0.860. The predicted octanol–water partition coefficient (Wildman–Crippen LogP) is 4.31. The van der Waals surface area contributed by atoms with Crippen LogP contribution in [0.4, 0.5) is 0 Å². The quantitative estimate of drug-likeness (QED) is 0.685. The van der Waals surface area contributed by atoms with Gasteiger partial charge >= 0.3 is 0 Å². The topological polar surface area (TPSA) is 0 Å². The number of allylic oxidation sites excluding steroid dienone is 1. The lowest BCUT2D eigenvalue weighted by atomic mass is 10.1. The first-order chi connectivity index (χ1) is 6.42. The third kappa shape index (κ3) is 1.74. The van der Waals surface area contributed by atoms with Gasteiger partial charge in [-0.15, -0.1) is 22.7 Å². The van der Waals surface area contributed by atoms with Gasteiger partial charge in [0, 0.05) is 21.4 Å². The molecule has 0 nitrogen and oxygen atoms in total. The molecule has 0 spiro atoms. The zero-order valence-electron chi connectivity index (χ0n) is 7.28. The van der Waals surface area contributed by atoms with Crippen molar-refractivity contribution in [1.82, 2.24) is 0 Å². The van der Waals surface area contributed by atoms with Gasteiger partial charge in [0.15, 0.2) is 0 Å². The van der Waals surface area contributed by atoms with Gasteiger partial charge in [0.25, 0.3) is 0 Å². The molecule has 0 fully saturated rings. The molecule has 0 aliphatic rings. The molecule has 0 N–H and O–H groups in total. The van der Waals surface area contributed by atoms with E-state index in [9.17, 15) is 0 Å². The third-order valence-electron chi connectivity index (χ3n) is 1.76. The largest absolute Gasteiger partial charge is 0.144 e. The van der Waals surface area contributed by atoms with Crippen LogP contribution in [-0.2, 0) is 0 Å². The molecule has 1 radical (unpaired) electrons. The van der Waals surface area contributed by atoms with Crippen LogP contribution in [0.2, 0.25) is 0 Å². The molecule has 2 heteroatoms. The van der Waals surface area contributed by atoms with E-state index in [1.165, 1.54) is 16.0 Å². The monoisotopic (exact) mass is 205 g/mol. The lowest BCUT2D eigenvalue weighted by Gasteiger charge is -1.93. The van der Waals surface area contributed by atoms with Gasteiger partial charge < -0.3 is 0 Å². The van der Waals surface area contributed by atoms with Crippen molar-refractivity contribution in [3.63, 3.8) is 0 Å². The predicted molar refractivity (Wildman–Crippen MR) is 61.2 cm³/mol. The van der Waals surface area contributed by atoms with Gasteiger partial charge in [-0.25, -0.2) is 0 Å². The van der Waals surface area contributed by atoms with Crippen LogP contribution in [0.1, 0.15) is 12.5 Å². The van der Waals surface area contributed by atoms with E-state index in [0.29, 0.717) is 0 Å². The molecule has 2 heterocycles. The highest BCUT2D eigenvalue weighted by atomic mass is 32.1. The van der Waals surface area contributed by atoms with Crippen LogP contribution in [0.5, 0.6) is 0 Å². The smallest absolute Gasteiger partial charge is 0.0527 e. The summed E-state index contributed by atoms with van der Waals surface area (Å²) in [5.41, 5.74) is 2.51. The minimum absolute atomic E-state index is 1.20. The van der Waals surface area contributed by atoms with Gasteiger partial charge in [-0.05, 0) is 18.4 Å². The lowest BCUT2D eigenvalue weighted by molar-refractivity contribution is 1.74. The summed E-state index contributed by atoms with van der Waals surface area (Å²) in [6.45, 7) is 2.03. The highest BCUT2D eigenvalue weighted by Gasteiger charge is 2.04. The average molecular weight is 205 g/mol. The van der Waals surface area contributed by atoms with Gasteiger partial charge in [-0.3, -0.25) is 0 Å². The Labute approximate surface area is 86.2 Å². The summed E-state index contributed by atoms with van der Waals surface area (Å²) >= 11 is 3.41. The van der Waals surface area contributed by atoms with Gasteiger partial charge in [-0.1, -0.05) is 18.2 Å². The molecule has 0 aliphatic carbocycles. The van der Waals surface area contributed by atoms with Crippen molar-refractivity contribution in [2.75, 3.05) is 0 Å². The standard InChI is InChI=1S/C11H9S2/c1-2-4-9-7-12-8-10(9)11-5-3-6-13-11/h2-6,8H,1H3. The van der Waals surface area contributed by atoms with E-state index in [1.807, 2.05) is 6.92 Å². The molecule has 13 heavy (non-hydrogen) atoms. The molecule has 0 bridgehead atoms. The van der Waals surface area contributed by atoms with E-state index in [0.717, 1.165) is 0 Å². The molecule has 0 aromatic carbocycles. The lowest BCUT2D eigenvalue weighted by Crippen LogP contribution is -1.70. The molecule has 0 aliphatic heterocycles. The second-order valence-corrected chi connectivity index (χ2v) is 4.27. The molecule has 0 amide bonds. The van der Waals surface area contributed by atoms with Gasteiger partial charge in [0.2, 0.25) is 0 Å². The number of hydrogen-bond donors (Lipinski definition) is 0. The van der Waals surface area contributed by atoms with E-state index in [4.69, 9.17) is 0 Å². The Balaban J connectivity index is 2.46. The summed E-state index contributed by atoms with van der Waals surface area (Å²) in [5, 5.41) is 7.51. The fraction of sp³-hybridized carbons (Fsp3) is 0.0909. The minimum Gasteiger partial charge on any atom is -0.144 e. The molecule has 0 atom stereocenters. The maximum atomic E-state index is 3.26. The Morgan fingerprint density at radius 1 is 1.46 bits per heavy atom. The highest BCUT2D eigenvalue weighted by molar-refractivity contribution is 7.14. The third-order valence-corrected chi connectivity index (χ3v) is 3.35. The van der Waals surface area contributed by atoms with Gasteiger partial charge in [0.1, 0.15) is 0 Å². The minimum atomic E-state index is 1.20. The summed E-state index contributed by atoms with van der Waals surface area (Å²) in [4.78, 5) is 1.32. The van der Waals surface area contributed by atoms with Crippen molar-refractivity contribution in [1.29, 1.82) is 0 Å². The Kier molecular flexibility index (Phi) is 2.62. The van der Waals surface area contributed by atoms with E-state index in [1.54, 1.807) is 22.7 Å². The van der Waals surface area contributed by atoms with E-state index in [2.05, 4.69) is 40.4 Å². The number of hydrogen-bond acceptors (Lipinski definition) is 2. The Bertz CT molecular complexity index is 393. The fourth-order valence-corrected chi connectivity index (χ4v) is 2.75. The van der Waals surface area contributed by atoms with E-state index >= 15 is 0 Å². The fourth-order valence-electron chi connectivity index (χ4n) is 1.18. The van der Waals surface area contributed by atoms with Crippen LogP contribution >= 0.6 is 22.7 Å². The summed E-state index contributed by atoms with van der Waals surface area (Å²) in [5.74, 6) is 0. The molecule has 0 saturated heterocycles. The summed E-state index contributed by atoms with van der Waals surface area (Å²) in [6, 6.07) is 4.23. The van der Waals surface area contributed by atoms with Crippen LogP contribution in [0.3, 0.4) is 0 Å². The van der Waals surface area contributed by atoms with Crippen LogP contribution in [-0.4, -0.2) is 0 Å². The van der Waals surface area contributed by atoms with Crippen LogP contribution in [0.25, 0.3) is 16.5 Å². The molecule has 0 unspecified atom stereocenters. The highest BCUT2D eigenvalue weighted by Crippen LogP contribution is 2.31. The van der Waals surface area contributed by atoms with Crippen LogP contribution in [0, 0.1) is 5.38 Å². The van der Waals surface area contributed by atoms with Crippen molar-refractivity contribution in [2.45, 2.75) is 6.92 Å². The van der Waals surface area contributed by atoms with Crippen molar-refractivity contribution in [3.8, 4) is 10.4 Å². The second kappa shape index (κ2) is 3.90. The van der Waals surface area contributed by atoms with Crippen molar-refractivity contribution >= 4 is 28.7 Å². The Morgan fingerprint density at radius 2 is 2.38 bits per heavy atom. The SMILES string of the molecule is CC=Cc1[c]scc1-c1cccs1. The van der Waals surface area contributed by atoms with Gasteiger partial charge in [-0.2, -0.15) is 0 Å². The molecule has 0 saturated carbocycles. The normalized spacial score (nSPS) is 11.2. The second-order valence-electron chi connectivity index (χ2n) is 2.64. The first-order valence-electron chi connectivity index (χ1n) is 4.07. The average Bonchev–Trinajstić information content (AvgIpc) is 2.71. The molecular weight excluding hydrogens is 196 g/mol. The van der Waals surface area contributed by atoms with E-state index < -0.39 is 0 Å². The van der Waals surface area contributed by atoms with Gasteiger partial charge in [0.05, 0.1) is 5.38 Å². The molecule has 2 aromatic heterocycles. The first-order valence-corrected chi connectivity index (χ1v) is 5.83. The summed E-state index contributed by atoms with van der Waals surface area (Å²) in [6.07, 6.45) is 4.15. The number of rotatable bonds is 2. The summed E-state index contributed by atoms with van der Waals surface area (Å²) < 4.78 is 0.